The maximum atomic E-state index is 8.53. The summed E-state index contributed by atoms with van der Waals surface area (Å²) in [6.07, 6.45) is 1.67. The first-order valence-electron chi connectivity index (χ1n) is 3.60. The monoisotopic (exact) mass is 146 g/mol. The molecule has 0 saturated heterocycles. The molecule has 0 aromatic carbocycles. The maximum Gasteiger partial charge on any atom is 0.140 e. The van der Waals surface area contributed by atoms with E-state index in [1.54, 1.807) is 6.20 Å². The zero-order chi connectivity index (χ0) is 8.27. The van der Waals surface area contributed by atoms with Crippen LogP contribution in [0.5, 0.6) is 0 Å². The minimum Gasteiger partial charge on any atom is -0.246 e. The van der Waals surface area contributed by atoms with E-state index in [9.17, 15) is 0 Å². The van der Waals surface area contributed by atoms with Crippen LogP contribution in [0, 0.1) is 11.3 Å². The summed E-state index contributed by atoms with van der Waals surface area (Å²) >= 11 is 0. The summed E-state index contributed by atoms with van der Waals surface area (Å²) in [6, 6.07) is 5.77. The van der Waals surface area contributed by atoms with Gasteiger partial charge in [0.2, 0.25) is 0 Å². The van der Waals surface area contributed by atoms with Gasteiger partial charge in [-0.3, -0.25) is 0 Å². The molecule has 0 aliphatic rings. The fraction of sp³-hybridized carbons (Fsp3) is 0.333. The standard InChI is InChI=1S/C9H10N2/c1-7(2)8-3-4-11-9(5-8)6-10/h3-5,7H,1-2H3. The Morgan fingerprint density at radius 1 is 1.55 bits per heavy atom. The van der Waals surface area contributed by atoms with Gasteiger partial charge in [0.15, 0.2) is 0 Å². The Balaban J connectivity index is 3.03. The minimum atomic E-state index is 0.463. The molecule has 0 amide bonds. The van der Waals surface area contributed by atoms with Gasteiger partial charge in [0, 0.05) is 6.20 Å². The van der Waals surface area contributed by atoms with Crippen molar-refractivity contribution in [1.29, 1.82) is 5.26 Å². The van der Waals surface area contributed by atoms with Crippen molar-refractivity contribution in [2.45, 2.75) is 19.8 Å². The number of rotatable bonds is 1. The summed E-state index contributed by atoms with van der Waals surface area (Å²) in [7, 11) is 0. The molecule has 0 fully saturated rings. The van der Waals surface area contributed by atoms with E-state index < -0.39 is 0 Å². The number of nitrogens with zero attached hydrogens (tertiary/aromatic N) is 2. The molecule has 0 radical (unpaired) electrons. The zero-order valence-electron chi connectivity index (χ0n) is 6.70. The Bertz CT molecular complexity index is 284. The Labute approximate surface area is 66.5 Å². The highest BCUT2D eigenvalue weighted by atomic mass is 14.7. The smallest absolute Gasteiger partial charge is 0.140 e. The van der Waals surface area contributed by atoms with Crippen molar-refractivity contribution in [1.82, 2.24) is 4.98 Å². The molecule has 0 saturated carbocycles. The second-order valence-electron chi connectivity index (χ2n) is 2.74. The predicted molar refractivity (Wildman–Crippen MR) is 43.0 cm³/mol. The number of nitriles is 1. The van der Waals surface area contributed by atoms with Crippen LogP contribution in [0.3, 0.4) is 0 Å². The number of hydrogen-bond donors (Lipinski definition) is 0. The molecule has 0 aliphatic carbocycles. The molecular weight excluding hydrogens is 136 g/mol. The van der Waals surface area contributed by atoms with Crippen LogP contribution in [0.25, 0.3) is 0 Å². The lowest BCUT2D eigenvalue weighted by molar-refractivity contribution is 0.861. The minimum absolute atomic E-state index is 0.463. The van der Waals surface area contributed by atoms with Crippen LogP contribution in [-0.2, 0) is 0 Å². The fourth-order valence-corrected chi connectivity index (χ4v) is 0.867. The van der Waals surface area contributed by atoms with Crippen LogP contribution < -0.4 is 0 Å². The van der Waals surface area contributed by atoms with Gasteiger partial charge >= 0.3 is 0 Å². The second-order valence-corrected chi connectivity index (χ2v) is 2.74. The largest absolute Gasteiger partial charge is 0.246 e. The van der Waals surface area contributed by atoms with Crippen LogP contribution in [0.15, 0.2) is 18.3 Å². The van der Waals surface area contributed by atoms with Crippen molar-refractivity contribution in [3.05, 3.63) is 29.6 Å². The summed E-state index contributed by atoms with van der Waals surface area (Å²) in [6.45, 7) is 4.19. The summed E-state index contributed by atoms with van der Waals surface area (Å²) in [5.74, 6) is 0.463. The van der Waals surface area contributed by atoms with Crippen molar-refractivity contribution >= 4 is 0 Å². The van der Waals surface area contributed by atoms with Crippen LogP contribution >= 0.6 is 0 Å². The normalized spacial score (nSPS) is 9.64. The molecule has 0 bridgehead atoms. The third-order valence-corrected chi connectivity index (χ3v) is 1.57. The summed E-state index contributed by atoms with van der Waals surface area (Å²) in [4.78, 5) is 3.88. The van der Waals surface area contributed by atoms with E-state index in [0.717, 1.165) is 5.56 Å². The first-order valence-corrected chi connectivity index (χ1v) is 3.60. The third-order valence-electron chi connectivity index (χ3n) is 1.57. The van der Waals surface area contributed by atoms with Crippen LogP contribution in [0.4, 0.5) is 0 Å². The molecule has 11 heavy (non-hydrogen) atoms. The Morgan fingerprint density at radius 2 is 2.27 bits per heavy atom. The van der Waals surface area contributed by atoms with Gasteiger partial charge in [-0.1, -0.05) is 13.8 Å². The van der Waals surface area contributed by atoms with Crippen molar-refractivity contribution in [2.75, 3.05) is 0 Å². The van der Waals surface area contributed by atoms with Crippen LogP contribution in [0.2, 0.25) is 0 Å². The lowest BCUT2D eigenvalue weighted by atomic mass is 10.0. The molecule has 2 heteroatoms. The first-order chi connectivity index (χ1) is 5.24. The molecule has 2 nitrogen and oxygen atoms in total. The third kappa shape index (κ3) is 1.78. The average molecular weight is 146 g/mol. The van der Waals surface area contributed by atoms with Crippen molar-refractivity contribution in [3.63, 3.8) is 0 Å². The lowest BCUT2D eigenvalue weighted by Gasteiger charge is -2.02. The van der Waals surface area contributed by atoms with E-state index in [0.29, 0.717) is 11.6 Å². The van der Waals surface area contributed by atoms with E-state index >= 15 is 0 Å². The van der Waals surface area contributed by atoms with Gasteiger partial charge in [-0.15, -0.1) is 0 Å². The zero-order valence-corrected chi connectivity index (χ0v) is 6.70. The van der Waals surface area contributed by atoms with E-state index in [1.165, 1.54) is 0 Å². The molecular formula is C9H10N2. The van der Waals surface area contributed by atoms with E-state index in [4.69, 9.17) is 5.26 Å². The highest BCUT2D eigenvalue weighted by Crippen LogP contribution is 2.13. The fourth-order valence-electron chi connectivity index (χ4n) is 0.867. The van der Waals surface area contributed by atoms with E-state index in [2.05, 4.69) is 18.8 Å². The highest BCUT2D eigenvalue weighted by molar-refractivity contribution is 5.27. The molecule has 1 aromatic rings. The number of aromatic nitrogens is 1. The Hall–Kier alpha value is -1.36. The van der Waals surface area contributed by atoms with Crippen LogP contribution in [0.1, 0.15) is 31.0 Å². The van der Waals surface area contributed by atoms with E-state index in [1.807, 2.05) is 18.2 Å². The molecule has 1 rings (SSSR count). The maximum absolute atomic E-state index is 8.53. The summed E-state index contributed by atoms with van der Waals surface area (Å²) < 4.78 is 0. The molecule has 0 unspecified atom stereocenters. The predicted octanol–water partition coefficient (Wildman–Crippen LogP) is 2.08. The first kappa shape index (κ1) is 7.74. The SMILES string of the molecule is CC(C)c1ccnc(C#N)c1. The van der Waals surface area contributed by atoms with Gasteiger partial charge in [0.25, 0.3) is 0 Å². The highest BCUT2D eigenvalue weighted by Gasteiger charge is 1.99. The van der Waals surface area contributed by atoms with Crippen molar-refractivity contribution in [3.8, 4) is 6.07 Å². The number of pyridine rings is 1. The molecule has 0 aliphatic heterocycles. The van der Waals surface area contributed by atoms with Crippen LogP contribution in [-0.4, -0.2) is 4.98 Å². The van der Waals surface area contributed by atoms with Gasteiger partial charge in [-0.05, 0) is 23.6 Å². The van der Waals surface area contributed by atoms with Gasteiger partial charge in [0.05, 0.1) is 0 Å². The Morgan fingerprint density at radius 3 is 2.82 bits per heavy atom. The molecule has 0 atom stereocenters. The average Bonchev–Trinajstić information content (AvgIpc) is 2.05. The van der Waals surface area contributed by atoms with Crippen molar-refractivity contribution < 1.29 is 0 Å². The topological polar surface area (TPSA) is 36.7 Å². The van der Waals surface area contributed by atoms with Gasteiger partial charge < -0.3 is 0 Å². The molecule has 0 N–H and O–H groups in total. The molecule has 1 heterocycles. The van der Waals surface area contributed by atoms with Gasteiger partial charge in [-0.25, -0.2) is 4.98 Å². The van der Waals surface area contributed by atoms with E-state index in [-0.39, 0.29) is 0 Å². The number of hydrogen-bond acceptors (Lipinski definition) is 2. The molecule has 1 aromatic heterocycles. The summed E-state index contributed by atoms with van der Waals surface area (Å²) in [5, 5.41) is 8.53. The lowest BCUT2D eigenvalue weighted by Crippen LogP contribution is -1.89. The quantitative estimate of drug-likeness (QED) is 0.608. The van der Waals surface area contributed by atoms with Crippen molar-refractivity contribution in [2.24, 2.45) is 0 Å². The molecule has 0 spiro atoms. The second kappa shape index (κ2) is 3.16. The summed E-state index contributed by atoms with van der Waals surface area (Å²) in [5.41, 5.74) is 1.66. The van der Waals surface area contributed by atoms with Gasteiger partial charge in [-0.2, -0.15) is 5.26 Å². The molecule has 56 valence electrons. The van der Waals surface area contributed by atoms with Gasteiger partial charge in [0.1, 0.15) is 11.8 Å². The Kier molecular flexibility index (Phi) is 2.22.